The Morgan fingerprint density at radius 2 is 2.12 bits per heavy atom. The Labute approximate surface area is 153 Å². The van der Waals surface area contributed by atoms with Crippen molar-refractivity contribution >= 4 is 11.7 Å². The number of urea groups is 1. The highest BCUT2D eigenvalue weighted by Crippen LogP contribution is 2.43. The Kier molecular flexibility index (Phi) is 4.13. The van der Waals surface area contributed by atoms with E-state index in [1.165, 1.54) is 11.8 Å². The third-order valence-corrected chi connectivity index (χ3v) is 5.72. The molecule has 2 N–H and O–H groups in total. The predicted molar refractivity (Wildman–Crippen MR) is 100 cm³/mol. The molecular weight excluding hydrogens is 331 g/mol. The highest BCUT2D eigenvalue weighted by molar-refractivity contribution is 5.75. The van der Waals surface area contributed by atoms with Crippen molar-refractivity contribution in [3.8, 4) is 5.69 Å². The first-order valence-corrected chi connectivity index (χ1v) is 9.34. The van der Waals surface area contributed by atoms with Gasteiger partial charge in [0.25, 0.3) is 0 Å². The maximum atomic E-state index is 13.8. The molecule has 2 aromatic rings. The number of carbonyl (C=O) groups is 1. The Bertz CT molecular complexity index is 823. The number of halogens is 1. The summed E-state index contributed by atoms with van der Waals surface area (Å²) < 4.78 is 15.9. The molecular formula is C20H25FN4O. The maximum absolute atomic E-state index is 13.8. The summed E-state index contributed by atoms with van der Waals surface area (Å²) in [7, 11) is 0. The molecule has 1 saturated heterocycles. The maximum Gasteiger partial charge on any atom is 0.317 e. The van der Waals surface area contributed by atoms with Crippen molar-refractivity contribution < 1.29 is 9.18 Å². The molecule has 5 nitrogen and oxygen atoms in total. The van der Waals surface area contributed by atoms with E-state index in [0.29, 0.717) is 13.1 Å². The highest BCUT2D eigenvalue weighted by atomic mass is 19.1. The van der Waals surface area contributed by atoms with E-state index in [-0.39, 0.29) is 23.4 Å². The molecule has 0 aliphatic carbocycles. The number of fused-ring (bicyclic) bond motifs is 4. The number of carbonyl (C=O) groups excluding carboxylic acids is 1. The normalized spacial score (nSPS) is 18.7. The van der Waals surface area contributed by atoms with Crippen LogP contribution in [0.2, 0.25) is 0 Å². The smallest absolute Gasteiger partial charge is 0.317 e. The van der Waals surface area contributed by atoms with Crippen molar-refractivity contribution in [2.24, 2.45) is 0 Å². The van der Waals surface area contributed by atoms with Crippen molar-refractivity contribution in [3.63, 3.8) is 0 Å². The summed E-state index contributed by atoms with van der Waals surface area (Å²) in [5.41, 5.74) is 2.69. The van der Waals surface area contributed by atoms with Crippen molar-refractivity contribution in [1.29, 1.82) is 0 Å². The van der Waals surface area contributed by atoms with Gasteiger partial charge < -0.3 is 20.1 Å². The first-order valence-electron chi connectivity index (χ1n) is 9.34. The first kappa shape index (κ1) is 16.9. The molecule has 2 amide bonds. The first-order chi connectivity index (χ1) is 12.5. The van der Waals surface area contributed by atoms with Gasteiger partial charge in [0.15, 0.2) is 0 Å². The average molecular weight is 356 g/mol. The molecule has 138 valence electrons. The summed E-state index contributed by atoms with van der Waals surface area (Å²) in [5.74, 6) is -0.243. The Morgan fingerprint density at radius 3 is 2.85 bits per heavy atom. The lowest BCUT2D eigenvalue weighted by molar-refractivity contribution is 0.160. The van der Waals surface area contributed by atoms with Gasteiger partial charge in [-0.1, -0.05) is 6.92 Å². The monoisotopic (exact) mass is 356 g/mol. The number of nitrogens with zero attached hydrogens (tertiary/aromatic N) is 2. The molecule has 0 unspecified atom stereocenters. The third-order valence-electron chi connectivity index (χ3n) is 5.72. The van der Waals surface area contributed by atoms with Crippen LogP contribution in [0.25, 0.3) is 5.69 Å². The molecule has 0 bridgehead atoms. The number of aromatic nitrogens is 1. The number of rotatable bonds is 2. The molecule has 1 aromatic carbocycles. The average Bonchev–Trinajstić information content (AvgIpc) is 3.13. The Hall–Kier alpha value is -2.50. The number of anilines is 1. The van der Waals surface area contributed by atoms with E-state index < -0.39 is 0 Å². The molecule has 0 radical (unpaired) electrons. The van der Waals surface area contributed by atoms with Crippen LogP contribution in [0, 0.1) is 5.82 Å². The molecule has 2 aliphatic rings. The van der Waals surface area contributed by atoms with Crippen molar-refractivity contribution in [2.75, 3.05) is 18.4 Å². The molecule has 1 aromatic heterocycles. The van der Waals surface area contributed by atoms with Gasteiger partial charge in [-0.3, -0.25) is 0 Å². The van der Waals surface area contributed by atoms with Crippen molar-refractivity contribution in [2.45, 2.75) is 44.7 Å². The van der Waals surface area contributed by atoms with Crippen molar-refractivity contribution in [3.05, 3.63) is 48.0 Å². The quantitative estimate of drug-likeness (QED) is 0.859. The number of nitrogens with one attached hydrogen (secondary N) is 2. The fourth-order valence-corrected chi connectivity index (χ4v) is 4.00. The zero-order valence-electron chi connectivity index (χ0n) is 15.3. The zero-order chi connectivity index (χ0) is 18.3. The summed E-state index contributed by atoms with van der Waals surface area (Å²) in [6, 6.07) is 9.19. The summed E-state index contributed by atoms with van der Waals surface area (Å²) in [4.78, 5) is 14.3. The lowest BCUT2D eigenvalue weighted by Gasteiger charge is -2.46. The number of benzene rings is 1. The second kappa shape index (κ2) is 6.34. The van der Waals surface area contributed by atoms with Crippen LogP contribution < -0.4 is 10.6 Å². The fraction of sp³-hybridized carbons (Fsp3) is 0.450. The van der Waals surface area contributed by atoms with Crippen LogP contribution in [0.1, 0.15) is 38.8 Å². The van der Waals surface area contributed by atoms with Crippen molar-refractivity contribution in [1.82, 2.24) is 14.8 Å². The van der Waals surface area contributed by atoms with E-state index in [2.05, 4.69) is 28.2 Å². The summed E-state index contributed by atoms with van der Waals surface area (Å²) in [6.45, 7) is 5.42. The summed E-state index contributed by atoms with van der Waals surface area (Å²) in [6.07, 6.45) is 4.53. The summed E-state index contributed by atoms with van der Waals surface area (Å²) in [5, 5.41) is 6.63. The number of likely N-dealkylation sites (tertiary alicyclic amines) is 1. The van der Waals surface area contributed by atoms with Gasteiger partial charge >= 0.3 is 6.03 Å². The van der Waals surface area contributed by atoms with E-state index in [0.717, 1.165) is 30.6 Å². The van der Waals surface area contributed by atoms with E-state index >= 15 is 0 Å². The molecule has 26 heavy (non-hydrogen) atoms. The topological polar surface area (TPSA) is 49.3 Å². The van der Waals surface area contributed by atoms with Crippen LogP contribution in [0.15, 0.2) is 36.5 Å². The van der Waals surface area contributed by atoms with Crippen LogP contribution in [-0.2, 0) is 5.54 Å². The Balaban J connectivity index is 1.57. The molecule has 3 heterocycles. The van der Waals surface area contributed by atoms with Gasteiger partial charge in [0.2, 0.25) is 0 Å². The standard InChI is InChI=1S/C20H25FN4O/c1-3-14(2)22-19(26)24-11-8-20(9-12-24)18-5-4-10-25(18)17-7-6-15(21)13-16(17)23-20/h4-7,10,13-14,23H,3,8-9,11-12H2,1-2H3,(H,22,26)/t14-/m0/s1. The van der Waals surface area contributed by atoms with E-state index in [4.69, 9.17) is 0 Å². The molecule has 2 aliphatic heterocycles. The largest absolute Gasteiger partial charge is 0.372 e. The molecule has 4 rings (SSSR count). The predicted octanol–water partition coefficient (Wildman–Crippen LogP) is 3.84. The minimum atomic E-state index is -0.266. The molecule has 6 heteroatoms. The van der Waals surface area contributed by atoms with Gasteiger partial charge in [0.05, 0.1) is 16.9 Å². The highest BCUT2D eigenvalue weighted by Gasteiger charge is 2.42. The summed E-state index contributed by atoms with van der Waals surface area (Å²) >= 11 is 0. The molecule has 1 fully saturated rings. The minimum Gasteiger partial charge on any atom is -0.372 e. The number of hydrogen-bond acceptors (Lipinski definition) is 2. The minimum absolute atomic E-state index is 0.00633. The van der Waals surface area contributed by atoms with Crippen LogP contribution in [-0.4, -0.2) is 34.6 Å². The van der Waals surface area contributed by atoms with Gasteiger partial charge in [-0.2, -0.15) is 0 Å². The van der Waals surface area contributed by atoms with E-state index in [9.17, 15) is 9.18 Å². The number of hydrogen-bond donors (Lipinski definition) is 2. The van der Waals surface area contributed by atoms with Crippen LogP contribution >= 0.6 is 0 Å². The second-order valence-electron chi connectivity index (χ2n) is 7.38. The molecule has 1 spiro atoms. The molecule has 1 atom stereocenters. The van der Waals surface area contributed by atoms with E-state index in [1.54, 1.807) is 6.07 Å². The van der Waals surface area contributed by atoms with Crippen LogP contribution in [0.5, 0.6) is 0 Å². The van der Waals surface area contributed by atoms with Gasteiger partial charge in [0.1, 0.15) is 5.82 Å². The van der Waals surface area contributed by atoms with Gasteiger partial charge in [-0.25, -0.2) is 9.18 Å². The van der Waals surface area contributed by atoms with Crippen LogP contribution in [0.4, 0.5) is 14.9 Å². The number of amides is 2. The lowest BCUT2D eigenvalue weighted by atomic mass is 9.82. The van der Waals surface area contributed by atoms with Gasteiger partial charge in [-0.05, 0) is 56.5 Å². The van der Waals surface area contributed by atoms with Crippen LogP contribution in [0.3, 0.4) is 0 Å². The van der Waals surface area contributed by atoms with E-state index in [1.807, 2.05) is 30.2 Å². The SMILES string of the molecule is CC[C@H](C)NC(=O)N1CCC2(CC1)Nc1cc(F)ccc1-n1cccc12. The van der Waals surface area contributed by atoms with Gasteiger partial charge in [-0.15, -0.1) is 0 Å². The van der Waals surface area contributed by atoms with Gasteiger partial charge in [0, 0.05) is 31.0 Å². The molecule has 0 saturated carbocycles. The second-order valence-corrected chi connectivity index (χ2v) is 7.38. The number of piperidine rings is 1. The fourth-order valence-electron chi connectivity index (χ4n) is 4.00. The Morgan fingerprint density at radius 1 is 1.35 bits per heavy atom. The zero-order valence-corrected chi connectivity index (χ0v) is 15.3. The lowest BCUT2D eigenvalue weighted by Crippen LogP contribution is -2.53. The third kappa shape index (κ3) is 2.73.